The van der Waals surface area contributed by atoms with Gasteiger partial charge in [0.1, 0.15) is 0 Å². The normalized spacial score (nSPS) is 20.0. The summed E-state index contributed by atoms with van der Waals surface area (Å²) in [6, 6.07) is 5.65. The third-order valence-electron chi connectivity index (χ3n) is 4.29. The molecule has 0 bridgehead atoms. The minimum atomic E-state index is -0.764. The minimum Gasteiger partial charge on any atom is -0.388 e. The molecule has 1 aromatic rings. The smallest absolute Gasteiger partial charge is 0.252 e. The summed E-state index contributed by atoms with van der Waals surface area (Å²) in [5.74, 6) is -0.140. The number of aliphatic hydroxyl groups is 1. The van der Waals surface area contributed by atoms with Gasteiger partial charge in [-0.1, -0.05) is 13.8 Å². The van der Waals surface area contributed by atoms with Crippen molar-refractivity contribution in [1.82, 2.24) is 5.32 Å². The van der Waals surface area contributed by atoms with Crippen molar-refractivity contribution in [3.8, 4) is 0 Å². The Morgan fingerprint density at radius 2 is 1.95 bits per heavy atom. The van der Waals surface area contributed by atoms with E-state index in [1.807, 2.05) is 18.2 Å². The maximum atomic E-state index is 12.3. The van der Waals surface area contributed by atoms with Gasteiger partial charge in [0.05, 0.1) is 11.2 Å². The second kappa shape index (κ2) is 6.54. The van der Waals surface area contributed by atoms with Gasteiger partial charge in [-0.05, 0) is 87.8 Å². The van der Waals surface area contributed by atoms with E-state index in [1.165, 1.54) is 0 Å². The average molecular weight is 466 g/mol. The van der Waals surface area contributed by atoms with Gasteiger partial charge in [-0.3, -0.25) is 4.79 Å². The van der Waals surface area contributed by atoms with Crippen LogP contribution in [0.5, 0.6) is 0 Å². The molecule has 0 aliphatic heterocycles. The molecule has 1 fully saturated rings. The zero-order valence-electron chi connectivity index (χ0n) is 12.4. The van der Waals surface area contributed by atoms with E-state index >= 15 is 0 Å². The SMILES string of the molecule is CC1(C)CCC(O)(CNC(=O)c2cc(I)ccc2Br)CC1. The maximum absolute atomic E-state index is 12.3. The van der Waals surface area contributed by atoms with Crippen LogP contribution < -0.4 is 5.32 Å². The Bertz CT molecular complexity index is 535. The lowest BCUT2D eigenvalue weighted by Crippen LogP contribution is -2.46. The molecule has 5 heteroatoms. The van der Waals surface area contributed by atoms with Crippen LogP contribution in [0.3, 0.4) is 0 Å². The van der Waals surface area contributed by atoms with E-state index in [1.54, 1.807) is 0 Å². The standard InChI is InChI=1S/C16H21BrINO2/c1-15(2)5-7-16(21,8-6-15)10-19-14(20)12-9-11(18)3-4-13(12)17/h3-4,9,21H,5-8,10H2,1-2H3,(H,19,20). The summed E-state index contributed by atoms with van der Waals surface area (Å²) in [6.07, 6.45) is 3.47. The van der Waals surface area contributed by atoms with Gasteiger partial charge in [0.2, 0.25) is 0 Å². The first kappa shape index (κ1) is 17.2. The molecule has 0 saturated heterocycles. The maximum Gasteiger partial charge on any atom is 0.252 e. The Hall–Kier alpha value is -0.140. The van der Waals surface area contributed by atoms with Gasteiger partial charge in [-0.15, -0.1) is 0 Å². The Balaban J connectivity index is 1.97. The Morgan fingerprint density at radius 3 is 2.57 bits per heavy atom. The first-order chi connectivity index (χ1) is 9.71. The molecule has 2 N–H and O–H groups in total. The summed E-state index contributed by atoms with van der Waals surface area (Å²) < 4.78 is 1.79. The van der Waals surface area contributed by atoms with E-state index in [0.717, 1.165) is 33.7 Å². The third kappa shape index (κ3) is 4.66. The topological polar surface area (TPSA) is 49.3 Å². The molecule has 3 nitrogen and oxygen atoms in total. The summed E-state index contributed by atoms with van der Waals surface area (Å²) in [7, 11) is 0. The van der Waals surface area contributed by atoms with Gasteiger partial charge in [0.15, 0.2) is 0 Å². The second-order valence-electron chi connectivity index (χ2n) is 6.70. The Kier molecular flexibility index (Phi) is 5.36. The predicted octanol–water partition coefficient (Wildman–Crippen LogP) is 4.11. The number of halogens is 2. The van der Waals surface area contributed by atoms with Crippen molar-refractivity contribution in [3.05, 3.63) is 31.8 Å². The van der Waals surface area contributed by atoms with Gasteiger partial charge in [-0.25, -0.2) is 0 Å². The molecular formula is C16H21BrINO2. The number of carbonyl (C=O) groups is 1. The van der Waals surface area contributed by atoms with Crippen molar-refractivity contribution in [3.63, 3.8) is 0 Å². The van der Waals surface area contributed by atoms with Crippen LogP contribution in [0.1, 0.15) is 49.9 Å². The molecule has 1 amide bonds. The number of benzene rings is 1. The van der Waals surface area contributed by atoms with Crippen LogP contribution in [0.4, 0.5) is 0 Å². The van der Waals surface area contributed by atoms with Gasteiger partial charge in [0.25, 0.3) is 5.91 Å². The quantitative estimate of drug-likeness (QED) is 0.660. The lowest BCUT2D eigenvalue weighted by Gasteiger charge is -2.40. The zero-order chi connectivity index (χ0) is 15.7. The summed E-state index contributed by atoms with van der Waals surface area (Å²) in [6.45, 7) is 4.78. The number of rotatable bonds is 3. The molecule has 0 radical (unpaired) electrons. The van der Waals surface area contributed by atoms with Crippen molar-refractivity contribution in [2.24, 2.45) is 5.41 Å². The number of hydrogen-bond acceptors (Lipinski definition) is 2. The van der Waals surface area contributed by atoms with Crippen molar-refractivity contribution in [1.29, 1.82) is 0 Å². The van der Waals surface area contributed by atoms with Crippen molar-refractivity contribution >= 4 is 44.4 Å². The highest BCUT2D eigenvalue weighted by molar-refractivity contribution is 14.1. The molecule has 1 saturated carbocycles. The minimum absolute atomic E-state index is 0.140. The molecule has 2 rings (SSSR count). The first-order valence-electron chi connectivity index (χ1n) is 7.17. The second-order valence-corrected chi connectivity index (χ2v) is 8.80. The molecule has 0 unspecified atom stereocenters. The molecule has 1 aliphatic carbocycles. The fourth-order valence-corrected chi connectivity index (χ4v) is 3.50. The van der Waals surface area contributed by atoms with E-state index < -0.39 is 5.60 Å². The predicted molar refractivity (Wildman–Crippen MR) is 96.4 cm³/mol. The molecule has 0 aromatic heterocycles. The summed E-state index contributed by atoms with van der Waals surface area (Å²) in [4.78, 5) is 12.3. The number of amides is 1. The molecule has 0 heterocycles. The molecule has 0 atom stereocenters. The van der Waals surface area contributed by atoms with Crippen LogP contribution in [0.15, 0.2) is 22.7 Å². The monoisotopic (exact) mass is 465 g/mol. The lowest BCUT2D eigenvalue weighted by molar-refractivity contribution is -0.0233. The van der Waals surface area contributed by atoms with Gasteiger partial charge < -0.3 is 10.4 Å². The lowest BCUT2D eigenvalue weighted by atomic mass is 9.71. The highest BCUT2D eigenvalue weighted by atomic mass is 127. The first-order valence-corrected chi connectivity index (χ1v) is 9.04. The number of carbonyl (C=O) groups excluding carboxylic acids is 1. The highest BCUT2D eigenvalue weighted by Gasteiger charge is 2.36. The van der Waals surface area contributed by atoms with E-state index in [0.29, 0.717) is 17.5 Å². The Labute approximate surface area is 148 Å². The van der Waals surface area contributed by atoms with Crippen LogP contribution in [-0.4, -0.2) is 23.2 Å². The van der Waals surface area contributed by atoms with Gasteiger partial charge in [0, 0.05) is 14.6 Å². The third-order valence-corrected chi connectivity index (χ3v) is 5.65. The molecule has 21 heavy (non-hydrogen) atoms. The largest absolute Gasteiger partial charge is 0.388 e. The van der Waals surface area contributed by atoms with Crippen LogP contribution in [0.25, 0.3) is 0 Å². The molecular weight excluding hydrogens is 445 g/mol. The van der Waals surface area contributed by atoms with Gasteiger partial charge >= 0.3 is 0 Å². The molecule has 0 spiro atoms. The van der Waals surface area contributed by atoms with E-state index in [4.69, 9.17) is 0 Å². The van der Waals surface area contributed by atoms with Gasteiger partial charge in [-0.2, -0.15) is 0 Å². The van der Waals surface area contributed by atoms with Crippen LogP contribution in [0, 0.1) is 8.99 Å². The number of nitrogens with one attached hydrogen (secondary N) is 1. The van der Waals surface area contributed by atoms with E-state index in [9.17, 15) is 9.90 Å². The van der Waals surface area contributed by atoms with Crippen molar-refractivity contribution in [2.45, 2.75) is 45.1 Å². The molecule has 1 aliphatic rings. The van der Waals surface area contributed by atoms with Crippen LogP contribution >= 0.6 is 38.5 Å². The van der Waals surface area contributed by atoms with Crippen molar-refractivity contribution < 1.29 is 9.90 Å². The van der Waals surface area contributed by atoms with Crippen molar-refractivity contribution in [2.75, 3.05) is 6.54 Å². The number of hydrogen-bond donors (Lipinski definition) is 2. The fraction of sp³-hybridized carbons (Fsp3) is 0.562. The van der Waals surface area contributed by atoms with Crippen LogP contribution in [-0.2, 0) is 0 Å². The zero-order valence-corrected chi connectivity index (χ0v) is 16.1. The fourth-order valence-electron chi connectivity index (χ4n) is 2.58. The van der Waals surface area contributed by atoms with Crippen LogP contribution in [0.2, 0.25) is 0 Å². The summed E-state index contributed by atoms with van der Waals surface area (Å²) >= 11 is 5.58. The summed E-state index contributed by atoms with van der Waals surface area (Å²) in [5.41, 5.74) is 0.149. The molecule has 116 valence electrons. The van der Waals surface area contributed by atoms with E-state index in [-0.39, 0.29) is 5.91 Å². The molecule has 1 aromatic carbocycles. The average Bonchev–Trinajstić information content (AvgIpc) is 2.43. The van der Waals surface area contributed by atoms with E-state index in [2.05, 4.69) is 57.7 Å². The summed E-state index contributed by atoms with van der Waals surface area (Å²) in [5, 5.41) is 13.5. The Morgan fingerprint density at radius 1 is 1.33 bits per heavy atom. The highest BCUT2D eigenvalue weighted by Crippen LogP contribution is 2.39.